The maximum atomic E-state index is 11.6. The van der Waals surface area contributed by atoms with Crippen LogP contribution in [0.1, 0.15) is 52.8 Å². The highest BCUT2D eigenvalue weighted by Crippen LogP contribution is 2.32. The number of hydrogen-bond donors (Lipinski definition) is 0. The monoisotopic (exact) mass is 357 g/mol. The normalized spacial score (nSPS) is 18.2. The van der Waals surface area contributed by atoms with Gasteiger partial charge in [0.25, 0.3) is 0 Å². The minimum atomic E-state index is -0.466. The SMILES string of the molecule is COC(=O)c1coc(CN2CCCC[C@@H]2c2ccc(CN(C)C)cc2)n1. The van der Waals surface area contributed by atoms with E-state index in [9.17, 15) is 4.79 Å². The Balaban J connectivity index is 1.71. The van der Waals surface area contributed by atoms with Crippen molar-refractivity contribution in [2.75, 3.05) is 27.7 Å². The molecule has 0 radical (unpaired) electrons. The van der Waals surface area contributed by atoms with Crippen LogP contribution in [0.2, 0.25) is 0 Å². The first-order chi connectivity index (χ1) is 12.6. The second-order valence-corrected chi connectivity index (χ2v) is 7.08. The van der Waals surface area contributed by atoms with Crippen LogP contribution in [0.4, 0.5) is 0 Å². The number of carbonyl (C=O) groups is 1. The van der Waals surface area contributed by atoms with E-state index in [0.717, 1.165) is 19.5 Å². The molecule has 1 fully saturated rings. The minimum absolute atomic E-state index is 0.226. The van der Waals surface area contributed by atoms with Gasteiger partial charge in [0.05, 0.1) is 13.7 Å². The Morgan fingerprint density at radius 3 is 2.77 bits per heavy atom. The first kappa shape index (κ1) is 18.6. The molecule has 140 valence electrons. The van der Waals surface area contributed by atoms with Crippen LogP contribution in [-0.4, -0.2) is 48.5 Å². The Morgan fingerprint density at radius 1 is 1.31 bits per heavy atom. The van der Waals surface area contributed by atoms with Crippen LogP contribution < -0.4 is 0 Å². The van der Waals surface area contributed by atoms with Crippen LogP contribution in [0, 0.1) is 0 Å². The number of benzene rings is 1. The Bertz CT molecular complexity index is 724. The second kappa shape index (κ2) is 8.47. The lowest BCUT2D eigenvalue weighted by Crippen LogP contribution is -2.33. The number of methoxy groups -OCH3 is 1. The van der Waals surface area contributed by atoms with Crippen LogP contribution in [0.3, 0.4) is 0 Å². The summed E-state index contributed by atoms with van der Waals surface area (Å²) in [5.41, 5.74) is 2.87. The summed E-state index contributed by atoms with van der Waals surface area (Å²) >= 11 is 0. The molecule has 1 aromatic heterocycles. The van der Waals surface area contributed by atoms with Crippen molar-refractivity contribution in [1.29, 1.82) is 0 Å². The smallest absolute Gasteiger partial charge is 0.360 e. The zero-order chi connectivity index (χ0) is 18.5. The number of carbonyl (C=O) groups excluding carboxylic acids is 1. The molecule has 6 heteroatoms. The second-order valence-electron chi connectivity index (χ2n) is 7.08. The third-order valence-corrected chi connectivity index (χ3v) is 4.76. The highest BCUT2D eigenvalue weighted by molar-refractivity contribution is 5.86. The van der Waals surface area contributed by atoms with Gasteiger partial charge in [0.15, 0.2) is 5.69 Å². The number of aromatic nitrogens is 1. The number of oxazole rings is 1. The average Bonchev–Trinajstić information content (AvgIpc) is 3.10. The fourth-order valence-corrected chi connectivity index (χ4v) is 3.52. The van der Waals surface area contributed by atoms with Crippen molar-refractivity contribution >= 4 is 5.97 Å². The van der Waals surface area contributed by atoms with E-state index >= 15 is 0 Å². The zero-order valence-electron chi connectivity index (χ0n) is 15.8. The fraction of sp³-hybridized carbons (Fsp3) is 0.500. The van der Waals surface area contributed by atoms with Gasteiger partial charge >= 0.3 is 5.97 Å². The molecule has 2 aromatic rings. The van der Waals surface area contributed by atoms with Gasteiger partial charge in [0.1, 0.15) is 6.26 Å². The van der Waals surface area contributed by atoms with Gasteiger partial charge in [-0.3, -0.25) is 4.90 Å². The Labute approximate surface area is 154 Å². The van der Waals surface area contributed by atoms with E-state index in [4.69, 9.17) is 9.15 Å². The van der Waals surface area contributed by atoms with Crippen LogP contribution in [0.5, 0.6) is 0 Å². The number of piperidine rings is 1. The number of rotatable bonds is 6. The molecule has 0 unspecified atom stereocenters. The van der Waals surface area contributed by atoms with Crippen LogP contribution in [-0.2, 0) is 17.8 Å². The zero-order valence-corrected chi connectivity index (χ0v) is 15.8. The van der Waals surface area contributed by atoms with Crippen LogP contribution in [0.15, 0.2) is 34.9 Å². The van der Waals surface area contributed by atoms with Crippen molar-refractivity contribution < 1.29 is 13.9 Å². The van der Waals surface area contributed by atoms with Gasteiger partial charge < -0.3 is 14.1 Å². The van der Waals surface area contributed by atoms with E-state index < -0.39 is 5.97 Å². The molecule has 1 aliphatic rings. The van der Waals surface area contributed by atoms with E-state index in [1.807, 2.05) is 0 Å². The number of ether oxygens (including phenoxy) is 1. The molecular weight excluding hydrogens is 330 g/mol. The number of nitrogens with zero attached hydrogens (tertiary/aromatic N) is 3. The summed E-state index contributed by atoms with van der Waals surface area (Å²) in [4.78, 5) is 20.4. The third kappa shape index (κ3) is 4.51. The minimum Gasteiger partial charge on any atom is -0.464 e. The number of likely N-dealkylation sites (tertiary alicyclic amines) is 1. The first-order valence-electron chi connectivity index (χ1n) is 9.07. The van der Waals surface area contributed by atoms with Gasteiger partial charge in [-0.05, 0) is 44.6 Å². The van der Waals surface area contributed by atoms with Gasteiger partial charge in [-0.1, -0.05) is 30.7 Å². The van der Waals surface area contributed by atoms with Crippen molar-refractivity contribution in [3.63, 3.8) is 0 Å². The molecule has 26 heavy (non-hydrogen) atoms. The molecule has 3 rings (SSSR count). The number of hydrogen-bond acceptors (Lipinski definition) is 6. The quantitative estimate of drug-likeness (QED) is 0.740. The first-order valence-corrected chi connectivity index (χ1v) is 9.07. The third-order valence-electron chi connectivity index (χ3n) is 4.76. The van der Waals surface area contributed by atoms with Gasteiger partial charge in [0.2, 0.25) is 5.89 Å². The maximum absolute atomic E-state index is 11.6. The van der Waals surface area contributed by atoms with Crippen molar-refractivity contribution in [2.24, 2.45) is 0 Å². The molecule has 0 bridgehead atoms. The molecule has 1 aromatic carbocycles. The summed E-state index contributed by atoms with van der Waals surface area (Å²) < 4.78 is 10.2. The van der Waals surface area contributed by atoms with E-state index in [2.05, 4.69) is 53.1 Å². The lowest BCUT2D eigenvalue weighted by atomic mass is 9.94. The molecule has 0 amide bonds. The molecule has 6 nitrogen and oxygen atoms in total. The van der Waals surface area contributed by atoms with E-state index in [-0.39, 0.29) is 5.69 Å². The summed E-state index contributed by atoms with van der Waals surface area (Å²) in [5.74, 6) is 0.0909. The lowest BCUT2D eigenvalue weighted by molar-refractivity contribution is 0.0593. The number of esters is 1. The van der Waals surface area contributed by atoms with Gasteiger partial charge in [-0.15, -0.1) is 0 Å². The lowest BCUT2D eigenvalue weighted by Gasteiger charge is -2.35. The molecule has 0 N–H and O–H groups in total. The van der Waals surface area contributed by atoms with E-state index in [1.54, 1.807) is 0 Å². The Kier molecular flexibility index (Phi) is 6.06. The van der Waals surface area contributed by atoms with E-state index in [0.29, 0.717) is 18.5 Å². The Morgan fingerprint density at radius 2 is 2.08 bits per heavy atom. The van der Waals surface area contributed by atoms with Crippen molar-refractivity contribution in [3.8, 4) is 0 Å². The molecule has 2 heterocycles. The maximum Gasteiger partial charge on any atom is 0.360 e. The highest BCUT2D eigenvalue weighted by atomic mass is 16.5. The molecule has 0 aliphatic carbocycles. The van der Waals surface area contributed by atoms with Crippen LogP contribution in [0.25, 0.3) is 0 Å². The summed E-state index contributed by atoms with van der Waals surface area (Å²) in [6, 6.07) is 9.24. The van der Waals surface area contributed by atoms with Crippen LogP contribution >= 0.6 is 0 Å². The van der Waals surface area contributed by atoms with Gasteiger partial charge in [-0.25, -0.2) is 9.78 Å². The van der Waals surface area contributed by atoms with Gasteiger partial charge in [-0.2, -0.15) is 0 Å². The predicted octanol–water partition coefficient (Wildman–Crippen LogP) is 3.25. The standard InChI is InChI=1S/C20H27N3O3/c1-22(2)12-15-7-9-16(10-8-15)18-6-4-5-11-23(18)13-19-21-17(14-26-19)20(24)25-3/h7-10,14,18H,4-6,11-13H2,1-3H3/t18-/m1/s1. The Hall–Kier alpha value is -2.18. The predicted molar refractivity (Wildman–Crippen MR) is 98.7 cm³/mol. The van der Waals surface area contributed by atoms with Crippen molar-refractivity contribution in [2.45, 2.75) is 38.4 Å². The summed E-state index contributed by atoms with van der Waals surface area (Å²) in [6.07, 6.45) is 4.88. The van der Waals surface area contributed by atoms with Gasteiger partial charge in [0, 0.05) is 12.6 Å². The summed E-state index contributed by atoms with van der Waals surface area (Å²) in [7, 11) is 5.50. The van der Waals surface area contributed by atoms with E-state index in [1.165, 1.54) is 37.3 Å². The summed E-state index contributed by atoms with van der Waals surface area (Å²) in [6.45, 7) is 2.54. The molecule has 0 spiro atoms. The molecule has 1 saturated heterocycles. The molecule has 1 aliphatic heterocycles. The molecule has 1 atom stereocenters. The molecular formula is C20H27N3O3. The largest absolute Gasteiger partial charge is 0.464 e. The van der Waals surface area contributed by atoms with Crippen molar-refractivity contribution in [1.82, 2.24) is 14.8 Å². The molecule has 0 saturated carbocycles. The topological polar surface area (TPSA) is 58.8 Å². The van der Waals surface area contributed by atoms with Crippen molar-refractivity contribution in [3.05, 3.63) is 53.2 Å². The highest BCUT2D eigenvalue weighted by Gasteiger charge is 2.26. The average molecular weight is 357 g/mol. The fourth-order valence-electron chi connectivity index (χ4n) is 3.52. The summed E-state index contributed by atoms with van der Waals surface area (Å²) in [5, 5.41) is 0.